The number of hydrogen-bond acceptors (Lipinski definition) is 13. The van der Waals surface area contributed by atoms with Gasteiger partial charge in [-0.05, 0) is 73.5 Å². The second-order valence-electron chi connectivity index (χ2n) is 13.9. The first-order chi connectivity index (χ1) is 30.8. The molecule has 2 N–H and O–H groups in total. The van der Waals surface area contributed by atoms with Crippen LogP contribution in [0.5, 0.6) is 11.5 Å². The van der Waals surface area contributed by atoms with E-state index >= 15 is 0 Å². The topological polar surface area (TPSA) is 163 Å². The number of ether oxygens (including phenoxy) is 4. The molecule has 0 saturated carbocycles. The van der Waals surface area contributed by atoms with Crippen LogP contribution in [0, 0.1) is 0 Å². The Morgan fingerprint density at radius 3 is 1.77 bits per heavy atom. The molecule has 0 spiro atoms. The van der Waals surface area contributed by atoms with Crippen molar-refractivity contribution in [3.8, 4) is 11.5 Å². The first-order valence-electron chi connectivity index (χ1n) is 19.3. The monoisotopic (exact) mass is 962 g/mol. The number of carbonyl (C=O) groups is 2. The summed E-state index contributed by atoms with van der Waals surface area (Å²) in [6.45, 7) is 3.07. The van der Waals surface area contributed by atoms with Crippen LogP contribution in [-0.2, 0) is 9.47 Å². The molecule has 7 rings (SSSR count). The van der Waals surface area contributed by atoms with E-state index < -0.39 is 24.3 Å². The standard InChI is InChI=1S/C25H22Cl2N4O4.C20H17Cl3N4O2/c1-15(2)35-25(32)34-14-33-23-18(10-9-16-6-4-11-28-21(16)23)22(31-24-29-12-5-13-30-24)17-7-3-8-19(26)20(17)27;1-27(2)20(28)29-16-8-7-12(21)11-14(16)18(26-19-24-9-4-10-25-19)13-5-3-6-15(22)17(13)23/h3-13,15,22H,14H2,1-2H3,(H,29,30,31);3-11,18H,1-2H3,(H,24,25,26). The Kier molecular flexibility index (Phi) is 16.6. The van der Waals surface area contributed by atoms with E-state index in [1.54, 1.807) is 114 Å². The van der Waals surface area contributed by atoms with Crippen LogP contribution in [0.25, 0.3) is 10.9 Å². The van der Waals surface area contributed by atoms with Crippen molar-refractivity contribution >= 4 is 93.1 Å². The maximum absolute atomic E-state index is 12.2. The summed E-state index contributed by atoms with van der Waals surface area (Å²) < 4.78 is 21.6. The van der Waals surface area contributed by atoms with E-state index in [0.717, 1.165) is 5.39 Å². The molecule has 1 amide bonds. The molecule has 330 valence electrons. The average molecular weight is 965 g/mol. The minimum Gasteiger partial charge on any atom is -0.455 e. The Labute approximate surface area is 393 Å². The minimum atomic E-state index is -0.833. The number of rotatable bonds is 13. The maximum atomic E-state index is 12.2. The second-order valence-corrected chi connectivity index (χ2v) is 15.9. The van der Waals surface area contributed by atoms with Gasteiger partial charge in [0.2, 0.25) is 18.7 Å². The molecule has 0 radical (unpaired) electrons. The highest BCUT2D eigenvalue weighted by Crippen LogP contribution is 2.42. The molecule has 0 saturated heterocycles. The maximum Gasteiger partial charge on any atom is 0.511 e. The zero-order valence-electron chi connectivity index (χ0n) is 34.5. The van der Waals surface area contributed by atoms with Crippen molar-refractivity contribution in [2.45, 2.75) is 32.0 Å². The lowest BCUT2D eigenvalue weighted by atomic mass is 9.96. The fourth-order valence-corrected chi connectivity index (χ4v) is 7.05. The van der Waals surface area contributed by atoms with Crippen LogP contribution in [0.2, 0.25) is 25.1 Å². The van der Waals surface area contributed by atoms with Crippen molar-refractivity contribution in [1.29, 1.82) is 0 Å². The fourth-order valence-electron chi connectivity index (χ4n) is 6.04. The van der Waals surface area contributed by atoms with Gasteiger partial charge >= 0.3 is 12.2 Å². The van der Waals surface area contributed by atoms with Gasteiger partial charge in [0.15, 0.2) is 5.75 Å². The molecule has 14 nitrogen and oxygen atoms in total. The van der Waals surface area contributed by atoms with Gasteiger partial charge in [0.25, 0.3) is 0 Å². The van der Waals surface area contributed by atoms with Crippen molar-refractivity contribution in [2.24, 2.45) is 0 Å². The first-order valence-corrected chi connectivity index (χ1v) is 21.2. The number of anilines is 2. The third-order valence-corrected chi connectivity index (χ3v) is 10.8. The molecular weight excluding hydrogens is 926 g/mol. The van der Waals surface area contributed by atoms with Crippen LogP contribution in [-0.4, -0.2) is 69.1 Å². The van der Waals surface area contributed by atoms with Crippen LogP contribution in [0.15, 0.2) is 122 Å². The van der Waals surface area contributed by atoms with Crippen molar-refractivity contribution < 1.29 is 28.5 Å². The zero-order chi connectivity index (χ0) is 45.8. The van der Waals surface area contributed by atoms with E-state index in [0.29, 0.717) is 76.3 Å². The van der Waals surface area contributed by atoms with Crippen LogP contribution in [0.4, 0.5) is 21.5 Å². The molecule has 19 heteroatoms. The van der Waals surface area contributed by atoms with Crippen LogP contribution >= 0.6 is 58.0 Å². The molecule has 4 aromatic carbocycles. The largest absolute Gasteiger partial charge is 0.511 e. The van der Waals surface area contributed by atoms with E-state index in [4.69, 9.17) is 77.0 Å². The number of benzene rings is 4. The third kappa shape index (κ3) is 12.3. The molecule has 0 bridgehead atoms. The molecule has 7 aromatic rings. The summed E-state index contributed by atoms with van der Waals surface area (Å²) in [5, 5.41) is 9.33. The molecule has 64 heavy (non-hydrogen) atoms. The van der Waals surface area contributed by atoms with Gasteiger partial charge in [-0.15, -0.1) is 0 Å². The lowest BCUT2D eigenvalue weighted by Gasteiger charge is -2.24. The van der Waals surface area contributed by atoms with E-state index in [2.05, 4.69) is 35.6 Å². The predicted octanol–water partition coefficient (Wildman–Crippen LogP) is 12.1. The van der Waals surface area contributed by atoms with Crippen molar-refractivity contribution in [3.63, 3.8) is 0 Å². The molecule has 3 heterocycles. The van der Waals surface area contributed by atoms with Gasteiger partial charge in [-0.1, -0.05) is 100 Å². The molecule has 0 aliphatic heterocycles. The molecule has 2 unspecified atom stereocenters. The number of aromatic nitrogens is 5. The lowest BCUT2D eigenvalue weighted by Crippen LogP contribution is -2.26. The summed E-state index contributed by atoms with van der Waals surface area (Å²) in [6, 6.07) is 25.4. The van der Waals surface area contributed by atoms with Crippen LogP contribution in [0.1, 0.15) is 48.2 Å². The SMILES string of the molecule is CC(C)OC(=O)OCOc1c(C(Nc2ncccn2)c2cccc(Cl)c2Cl)ccc2cccnc12.CN(C)C(=O)Oc1ccc(Cl)cc1C(Nc1ncccn1)c1cccc(Cl)c1Cl. The number of pyridine rings is 1. The van der Waals surface area contributed by atoms with Crippen molar-refractivity contribution in [2.75, 3.05) is 31.5 Å². The molecule has 0 fully saturated rings. The molecule has 3 aromatic heterocycles. The normalized spacial score (nSPS) is 11.7. The number of amides is 1. The van der Waals surface area contributed by atoms with Gasteiger partial charge in [-0.2, -0.15) is 0 Å². The third-order valence-electron chi connectivity index (χ3n) is 8.89. The highest BCUT2D eigenvalue weighted by atomic mass is 35.5. The van der Waals surface area contributed by atoms with E-state index in [1.165, 1.54) is 4.90 Å². The number of halogens is 5. The Hall–Kier alpha value is -6.16. The summed E-state index contributed by atoms with van der Waals surface area (Å²) >= 11 is 31.9. The lowest BCUT2D eigenvalue weighted by molar-refractivity contribution is -0.00808. The van der Waals surface area contributed by atoms with Gasteiger partial charge in [-0.25, -0.2) is 29.5 Å². The summed E-state index contributed by atoms with van der Waals surface area (Å²) in [7, 11) is 3.19. The summed E-state index contributed by atoms with van der Waals surface area (Å²) in [6.07, 6.45) is 6.44. The molecule has 2 atom stereocenters. The van der Waals surface area contributed by atoms with E-state index in [-0.39, 0.29) is 12.9 Å². The van der Waals surface area contributed by atoms with Gasteiger partial charge in [0, 0.05) is 66.6 Å². The van der Waals surface area contributed by atoms with Gasteiger partial charge < -0.3 is 34.5 Å². The second kappa shape index (κ2) is 22.5. The van der Waals surface area contributed by atoms with Crippen LogP contribution in [0.3, 0.4) is 0 Å². The molecule has 0 aliphatic carbocycles. The predicted molar refractivity (Wildman–Crippen MR) is 249 cm³/mol. The average Bonchev–Trinajstić information content (AvgIpc) is 3.28. The number of hydrogen-bond donors (Lipinski definition) is 2. The quantitative estimate of drug-likeness (QED) is 0.0830. The van der Waals surface area contributed by atoms with Gasteiger partial charge in [0.05, 0.1) is 38.3 Å². The zero-order valence-corrected chi connectivity index (χ0v) is 38.3. The first kappa shape index (κ1) is 47.3. The highest BCUT2D eigenvalue weighted by molar-refractivity contribution is 6.43. The minimum absolute atomic E-state index is 0.317. The molecule has 0 aliphatic rings. The smallest absolute Gasteiger partial charge is 0.455 e. The van der Waals surface area contributed by atoms with Crippen molar-refractivity contribution in [1.82, 2.24) is 29.8 Å². The van der Waals surface area contributed by atoms with Gasteiger partial charge in [-0.3, -0.25) is 4.98 Å². The number of nitrogens with zero attached hydrogens (tertiary/aromatic N) is 6. The number of nitrogens with one attached hydrogen (secondary N) is 2. The highest BCUT2D eigenvalue weighted by Gasteiger charge is 2.27. The number of carbonyl (C=O) groups excluding carboxylic acids is 2. The Bertz CT molecular complexity index is 2700. The fraction of sp³-hybridized carbons (Fsp3) is 0.178. The summed E-state index contributed by atoms with van der Waals surface area (Å²) in [5.74, 6) is 1.44. The Balaban J connectivity index is 0.000000216. The summed E-state index contributed by atoms with van der Waals surface area (Å²) in [4.78, 5) is 46.9. The van der Waals surface area contributed by atoms with E-state index in [1.807, 2.05) is 36.4 Å². The number of fused-ring (bicyclic) bond motifs is 1. The summed E-state index contributed by atoms with van der Waals surface area (Å²) in [5.41, 5.74) is 3.13. The van der Waals surface area contributed by atoms with Gasteiger partial charge in [0.1, 0.15) is 11.3 Å². The van der Waals surface area contributed by atoms with Crippen molar-refractivity contribution in [3.05, 3.63) is 169 Å². The van der Waals surface area contributed by atoms with Crippen LogP contribution < -0.4 is 20.1 Å². The Morgan fingerprint density at radius 2 is 1.20 bits per heavy atom. The van der Waals surface area contributed by atoms with E-state index in [9.17, 15) is 9.59 Å². The molecular formula is C45H39Cl5N8O6. The Morgan fingerprint density at radius 1 is 0.641 bits per heavy atom.